The smallest absolute Gasteiger partial charge is 0.257 e. The average molecular weight is 417 g/mol. The molecular formula is C24H23N3O4. The number of nitrogens with zero attached hydrogens (tertiary/aromatic N) is 1. The van der Waals surface area contributed by atoms with Crippen molar-refractivity contribution in [2.45, 2.75) is 12.6 Å². The van der Waals surface area contributed by atoms with Gasteiger partial charge in [-0.05, 0) is 42.0 Å². The fourth-order valence-corrected chi connectivity index (χ4v) is 3.59. The summed E-state index contributed by atoms with van der Waals surface area (Å²) in [6.45, 7) is 0.205. The van der Waals surface area contributed by atoms with Gasteiger partial charge in [0.05, 0.1) is 18.4 Å². The van der Waals surface area contributed by atoms with E-state index in [9.17, 15) is 14.7 Å². The Morgan fingerprint density at radius 2 is 1.77 bits per heavy atom. The van der Waals surface area contributed by atoms with Crippen LogP contribution in [0.25, 0.3) is 0 Å². The van der Waals surface area contributed by atoms with Crippen LogP contribution in [0.4, 0.5) is 11.4 Å². The highest BCUT2D eigenvalue weighted by atomic mass is 16.5. The number of rotatable bonds is 6. The van der Waals surface area contributed by atoms with Crippen LogP contribution < -0.4 is 15.4 Å². The molecule has 0 aromatic heterocycles. The van der Waals surface area contributed by atoms with Crippen molar-refractivity contribution < 1.29 is 19.4 Å². The molecule has 1 atom stereocenters. The molecular weight excluding hydrogens is 394 g/mol. The Kier molecular flexibility index (Phi) is 5.75. The van der Waals surface area contributed by atoms with Crippen molar-refractivity contribution in [1.29, 1.82) is 0 Å². The minimum atomic E-state index is -0.425. The highest BCUT2D eigenvalue weighted by Gasteiger charge is 2.32. The predicted octanol–water partition coefficient (Wildman–Crippen LogP) is 4.00. The van der Waals surface area contributed by atoms with Crippen LogP contribution in [0.2, 0.25) is 0 Å². The Bertz CT molecular complexity index is 1100. The molecule has 7 heteroatoms. The van der Waals surface area contributed by atoms with Crippen LogP contribution in [-0.2, 0) is 4.79 Å². The first-order chi connectivity index (χ1) is 15.1. The molecule has 7 nitrogen and oxygen atoms in total. The lowest BCUT2D eigenvalue weighted by Gasteiger charge is -2.38. The predicted molar refractivity (Wildman–Crippen MR) is 118 cm³/mol. The third-order valence-electron chi connectivity index (χ3n) is 5.21. The van der Waals surface area contributed by atoms with E-state index in [0.717, 1.165) is 17.0 Å². The van der Waals surface area contributed by atoms with Crippen LogP contribution in [0.3, 0.4) is 0 Å². The number of fused-ring (bicyclic) bond motifs is 1. The Morgan fingerprint density at radius 1 is 1.06 bits per heavy atom. The molecule has 0 fully saturated rings. The quantitative estimate of drug-likeness (QED) is 0.528. The number of carbonyl (C=O) groups excluding carboxylic acids is 2. The molecule has 3 aromatic carbocycles. The Labute approximate surface area is 180 Å². The zero-order valence-corrected chi connectivity index (χ0v) is 17.0. The topological polar surface area (TPSA) is 90.9 Å². The number of anilines is 2. The molecule has 158 valence electrons. The summed E-state index contributed by atoms with van der Waals surface area (Å²) in [4.78, 5) is 27.4. The maximum atomic E-state index is 13.2. The van der Waals surface area contributed by atoms with Gasteiger partial charge in [-0.25, -0.2) is 0 Å². The first kappa shape index (κ1) is 20.3. The lowest BCUT2D eigenvalue weighted by atomic mass is 10.0. The molecule has 0 spiro atoms. The number of nitrogens with one attached hydrogen (secondary N) is 2. The Hall–Kier alpha value is -4.00. The number of methoxy groups -OCH3 is 1. The molecule has 0 bridgehead atoms. The second-order valence-corrected chi connectivity index (χ2v) is 7.18. The summed E-state index contributed by atoms with van der Waals surface area (Å²) in [7, 11) is 1.60. The zero-order chi connectivity index (χ0) is 21.8. The summed E-state index contributed by atoms with van der Waals surface area (Å²) in [5, 5.41) is 16.0. The second kappa shape index (κ2) is 8.79. The number of phenols is 1. The summed E-state index contributed by atoms with van der Waals surface area (Å²) in [5.41, 5.74) is 2.54. The van der Waals surface area contributed by atoms with Crippen LogP contribution in [0.1, 0.15) is 28.5 Å². The number of hydrogen-bond acceptors (Lipinski definition) is 5. The van der Waals surface area contributed by atoms with E-state index in [0.29, 0.717) is 11.3 Å². The largest absolute Gasteiger partial charge is 0.506 e. The summed E-state index contributed by atoms with van der Waals surface area (Å²) in [6.07, 6.45) is -0.345. The van der Waals surface area contributed by atoms with Crippen LogP contribution in [0, 0.1) is 0 Å². The van der Waals surface area contributed by atoms with E-state index in [2.05, 4.69) is 10.6 Å². The minimum Gasteiger partial charge on any atom is -0.506 e. The molecule has 0 saturated carbocycles. The van der Waals surface area contributed by atoms with E-state index < -0.39 is 6.17 Å². The van der Waals surface area contributed by atoms with Gasteiger partial charge >= 0.3 is 0 Å². The summed E-state index contributed by atoms with van der Waals surface area (Å²) >= 11 is 0. The highest BCUT2D eigenvalue weighted by Crippen LogP contribution is 2.33. The molecule has 1 aliphatic rings. The molecule has 2 amide bonds. The number of para-hydroxylation sites is 3. The number of aromatic hydroxyl groups is 1. The van der Waals surface area contributed by atoms with E-state index in [-0.39, 0.29) is 30.5 Å². The van der Waals surface area contributed by atoms with Crippen LogP contribution >= 0.6 is 0 Å². The number of benzene rings is 3. The molecule has 31 heavy (non-hydrogen) atoms. The molecule has 0 unspecified atom stereocenters. The normalized spacial score (nSPS) is 15.1. The van der Waals surface area contributed by atoms with Crippen LogP contribution in [-0.4, -0.2) is 35.5 Å². The van der Waals surface area contributed by atoms with E-state index in [4.69, 9.17) is 4.74 Å². The fourth-order valence-electron chi connectivity index (χ4n) is 3.59. The average Bonchev–Trinajstić information content (AvgIpc) is 2.80. The zero-order valence-electron chi connectivity index (χ0n) is 17.0. The van der Waals surface area contributed by atoms with Crippen LogP contribution in [0.15, 0.2) is 72.8 Å². The van der Waals surface area contributed by atoms with Crippen molar-refractivity contribution in [2.24, 2.45) is 0 Å². The van der Waals surface area contributed by atoms with Crippen molar-refractivity contribution in [1.82, 2.24) is 4.90 Å². The maximum Gasteiger partial charge on any atom is 0.257 e. The first-order valence-corrected chi connectivity index (χ1v) is 9.95. The Balaban J connectivity index is 1.55. The van der Waals surface area contributed by atoms with Gasteiger partial charge in [0.15, 0.2) is 0 Å². The van der Waals surface area contributed by atoms with Crippen molar-refractivity contribution in [3.63, 3.8) is 0 Å². The van der Waals surface area contributed by atoms with Gasteiger partial charge in [0.25, 0.3) is 5.91 Å². The monoisotopic (exact) mass is 417 g/mol. The maximum absolute atomic E-state index is 13.2. The van der Waals surface area contributed by atoms with Gasteiger partial charge in [0, 0.05) is 18.7 Å². The number of ether oxygens (including phenoxy) is 1. The molecule has 0 saturated heterocycles. The number of phenolic OH excluding ortho intramolecular Hbond substituents is 1. The van der Waals surface area contributed by atoms with Crippen molar-refractivity contribution in [3.05, 3.63) is 83.9 Å². The van der Waals surface area contributed by atoms with Gasteiger partial charge in [-0.1, -0.05) is 36.4 Å². The van der Waals surface area contributed by atoms with Crippen molar-refractivity contribution in [3.8, 4) is 11.5 Å². The molecule has 1 aliphatic heterocycles. The highest BCUT2D eigenvalue weighted by molar-refractivity contribution is 6.02. The number of carbonyl (C=O) groups is 2. The van der Waals surface area contributed by atoms with Gasteiger partial charge in [-0.15, -0.1) is 0 Å². The van der Waals surface area contributed by atoms with E-state index in [1.165, 1.54) is 6.07 Å². The van der Waals surface area contributed by atoms with Crippen LogP contribution in [0.5, 0.6) is 11.5 Å². The van der Waals surface area contributed by atoms with E-state index in [1.807, 2.05) is 42.5 Å². The van der Waals surface area contributed by atoms with Gasteiger partial charge in [-0.2, -0.15) is 0 Å². The van der Waals surface area contributed by atoms with E-state index in [1.54, 1.807) is 36.3 Å². The van der Waals surface area contributed by atoms with Crippen molar-refractivity contribution >= 4 is 23.2 Å². The third kappa shape index (κ3) is 4.30. The lowest BCUT2D eigenvalue weighted by molar-refractivity contribution is -0.116. The fraction of sp³-hybridized carbons (Fsp3) is 0.167. The number of amides is 2. The van der Waals surface area contributed by atoms with Gasteiger partial charge in [-0.3, -0.25) is 9.59 Å². The van der Waals surface area contributed by atoms with E-state index >= 15 is 0 Å². The standard InChI is InChI=1S/C24H23N3O4/c1-31-17-12-10-16(11-13-17)23-26-19-7-3-2-6-18(19)24(30)27(23)15-14-22(29)25-20-8-4-5-9-21(20)28/h2-13,23,26,28H,14-15H2,1H3,(H,25,29)/t23-/m0/s1. The molecule has 0 radical (unpaired) electrons. The van der Waals surface area contributed by atoms with Gasteiger partial charge < -0.3 is 25.4 Å². The summed E-state index contributed by atoms with van der Waals surface area (Å²) in [6, 6.07) is 21.3. The van der Waals surface area contributed by atoms with Gasteiger partial charge in [0.2, 0.25) is 5.91 Å². The van der Waals surface area contributed by atoms with Gasteiger partial charge in [0.1, 0.15) is 17.7 Å². The third-order valence-corrected chi connectivity index (χ3v) is 5.21. The minimum absolute atomic E-state index is 0.00315. The molecule has 0 aliphatic carbocycles. The molecule has 3 N–H and O–H groups in total. The Morgan fingerprint density at radius 3 is 2.52 bits per heavy atom. The van der Waals surface area contributed by atoms with Crippen molar-refractivity contribution in [2.75, 3.05) is 24.3 Å². The lowest BCUT2D eigenvalue weighted by Crippen LogP contribution is -2.44. The molecule has 4 rings (SSSR count). The SMILES string of the molecule is COc1ccc([C@H]2Nc3ccccc3C(=O)N2CCC(=O)Nc2ccccc2O)cc1. The molecule has 1 heterocycles. The number of hydrogen-bond donors (Lipinski definition) is 3. The molecule has 3 aromatic rings. The first-order valence-electron chi connectivity index (χ1n) is 9.95. The summed E-state index contributed by atoms with van der Waals surface area (Å²) in [5.74, 6) is 0.281. The second-order valence-electron chi connectivity index (χ2n) is 7.18. The summed E-state index contributed by atoms with van der Waals surface area (Å²) < 4.78 is 5.23.